The quantitative estimate of drug-likeness (QED) is 0.758. The smallest absolute Gasteiger partial charge is 0.322 e. The average Bonchev–Trinajstić information content (AvgIpc) is 3.03. The first-order valence-corrected chi connectivity index (χ1v) is 8.25. The van der Waals surface area contributed by atoms with E-state index in [-0.39, 0.29) is 12.1 Å². The molecule has 6 heteroatoms. The van der Waals surface area contributed by atoms with Crippen LogP contribution in [0.4, 0.5) is 10.5 Å². The standard InChI is InChI=1S/C19H19ClN4O/c1-23-13-12-21-18(23)17(14-8-10-15(20)11-9-14)24(2)19(25)22-16-6-4-3-5-7-16/h3-13,17H,1-2H3,(H,22,25)/t17-/m1/s1. The molecule has 0 unspecified atom stereocenters. The molecule has 2 aromatic carbocycles. The van der Waals surface area contributed by atoms with Gasteiger partial charge in [-0.05, 0) is 29.8 Å². The van der Waals surface area contributed by atoms with Gasteiger partial charge < -0.3 is 14.8 Å². The molecule has 5 nitrogen and oxygen atoms in total. The van der Waals surface area contributed by atoms with Gasteiger partial charge in [-0.1, -0.05) is 41.9 Å². The lowest BCUT2D eigenvalue weighted by molar-refractivity contribution is 0.209. The Morgan fingerprint density at radius 1 is 1.16 bits per heavy atom. The van der Waals surface area contributed by atoms with Crippen LogP contribution >= 0.6 is 11.6 Å². The molecule has 128 valence electrons. The molecular formula is C19H19ClN4O. The summed E-state index contributed by atoms with van der Waals surface area (Å²) in [6.07, 6.45) is 3.59. The third-order valence-corrected chi connectivity index (χ3v) is 4.27. The first-order valence-electron chi connectivity index (χ1n) is 7.88. The maximum atomic E-state index is 12.8. The van der Waals surface area contributed by atoms with Crippen molar-refractivity contribution in [3.05, 3.63) is 83.4 Å². The van der Waals surface area contributed by atoms with Gasteiger partial charge in [0.05, 0.1) is 0 Å². The van der Waals surface area contributed by atoms with Crippen molar-refractivity contribution in [2.45, 2.75) is 6.04 Å². The van der Waals surface area contributed by atoms with Crippen molar-refractivity contribution in [1.82, 2.24) is 14.5 Å². The highest BCUT2D eigenvalue weighted by atomic mass is 35.5. The van der Waals surface area contributed by atoms with Gasteiger partial charge in [-0.2, -0.15) is 0 Å². The van der Waals surface area contributed by atoms with Gasteiger partial charge in [0.25, 0.3) is 0 Å². The van der Waals surface area contributed by atoms with E-state index in [4.69, 9.17) is 11.6 Å². The highest BCUT2D eigenvalue weighted by Gasteiger charge is 2.26. The number of hydrogen-bond donors (Lipinski definition) is 1. The fourth-order valence-electron chi connectivity index (χ4n) is 2.68. The lowest BCUT2D eigenvalue weighted by atomic mass is 10.1. The number of aryl methyl sites for hydroxylation is 1. The number of hydrogen-bond acceptors (Lipinski definition) is 2. The second-order valence-corrected chi connectivity index (χ2v) is 6.19. The molecule has 3 aromatic rings. The number of anilines is 1. The van der Waals surface area contributed by atoms with Crippen molar-refractivity contribution in [3.8, 4) is 0 Å². The zero-order chi connectivity index (χ0) is 17.8. The summed E-state index contributed by atoms with van der Waals surface area (Å²) < 4.78 is 1.91. The number of carbonyl (C=O) groups is 1. The monoisotopic (exact) mass is 354 g/mol. The van der Waals surface area contributed by atoms with Crippen molar-refractivity contribution < 1.29 is 4.79 Å². The Kier molecular flexibility index (Phi) is 5.05. The summed E-state index contributed by atoms with van der Waals surface area (Å²) in [6.45, 7) is 0. The molecule has 0 saturated heterocycles. The van der Waals surface area contributed by atoms with E-state index in [1.165, 1.54) is 0 Å². The molecule has 0 radical (unpaired) electrons. The van der Waals surface area contributed by atoms with Crippen LogP contribution in [-0.2, 0) is 7.05 Å². The largest absolute Gasteiger partial charge is 0.336 e. The van der Waals surface area contributed by atoms with Crippen LogP contribution in [0.5, 0.6) is 0 Å². The third-order valence-electron chi connectivity index (χ3n) is 4.02. The molecule has 0 bridgehead atoms. The van der Waals surface area contributed by atoms with Crippen LogP contribution in [0.3, 0.4) is 0 Å². The molecule has 0 aliphatic heterocycles. The SMILES string of the molecule is CN(C(=O)Nc1ccccc1)[C@H](c1ccc(Cl)cc1)c1nccn1C. The molecule has 1 aromatic heterocycles. The number of imidazole rings is 1. The van der Waals surface area contributed by atoms with Crippen LogP contribution in [0.2, 0.25) is 5.02 Å². The lowest BCUT2D eigenvalue weighted by Crippen LogP contribution is -2.36. The van der Waals surface area contributed by atoms with E-state index >= 15 is 0 Å². The zero-order valence-electron chi connectivity index (χ0n) is 14.1. The number of carbonyl (C=O) groups excluding carboxylic acids is 1. The fourth-order valence-corrected chi connectivity index (χ4v) is 2.81. The number of urea groups is 1. The van der Waals surface area contributed by atoms with Crippen molar-refractivity contribution in [2.75, 3.05) is 12.4 Å². The number of nitrogens with one attached hydrogen (secondary N) is 1. The van der Waals surface area contributed by atoms with Gasteiger partial charge in [0.1, 0.15) is 11.9 Å². The second kappa shape index (κ2) is 7.40. The van der Waals surface area contributed by atoms with Crippen LogP contribution in [0, 0.1) is 0 Å². The normalized spacial score (nSPS) is 11.8. The summed E-state index contributed by atoms with van der Waals surface area (Å²) in [7, 11) is 3.67. The van der Waals surface area contributed by atoms with E-state index in [0.29, 0.717) is 5.02 Å². The van der Waals surface area contributed by atoms with Crippen LogP contribution in [0.25, 0.3) is 0 Å². The third kappa shape index (κ3) is 3.83. The van der Waals surface area contributed by atoms with Gasteiger partial charge in [0, 0.05) is 37.2 Å². The Morgan fingerprint density at radius 3 is 2.44 bits per heavy atom. The van der Waals surface area contributed by atoms with Crippen LogP contribution < -0.4 is 5.32 Å². The molecule has 1 N–H and O–H groups in total. The van der Waals surface area contributed by atoms with E-state index < -0.39 is 0 Å². The minimum Gasteiger partial charge on any atom is -0.336 e. The van der Waals surface area contributed by atoms with Crippen molar-refractivity contribution >= 4 is 23.3 Å². The first-order chi connectivity index (χ1) is 12.1. The molecule has 1 atom stereocenters. The second-order valence-electron chi connectivity index (χ2n) is 5.76. The molecule has 2 amide bonds. The lowest BCUT2D eigenvalue weighted by Gasteiger charge is -2.28. The fraction of sp³-hybridized carbons (Fsp3) is 0.158. The van der Waals surface area contributed by atoms with Crippen LogP contribution in [-0.4, -0.2) is 27.5 Å². The molecule has 0 saturated carbocycles. The molecule has 0 aliphatic carbocycles. The highest BCUT2D eigenvalue weighted by molar-refractivity contribution is 6.30. The Hall–Kier alpha value is -2.79. The van der Waals surface area contributed by atoms with Gasteiger partial charge in [0.15, 0.2) is 0 Å². The number of amides is 2. The summed E-state index contributed by atoms with van der Waals surface area (Å²) in [5.41, 5.74) is 1.68. The van der Waals surface area contributed by atoms with E-state index in [1.807, 2.05) is 72.4 Å². The minimum absolute atomic E-state index is 0.214. The molecule has 0 aliphatic rings. The van der Waals surface area contributed by atoms with Gasteiger partial charge in [0.2, 0.25) is 0 Å². The van der Waals surface area contributed by atoms with Crippen molar-refractivity contribution in [1.29, 1.82) is 0 Å². The Labute approximate surface area is 151 Å². The summed E-state index contributed by atoms with van der Waals surface area (Å²) in [6, 6.07) is 16.3. The van der Waals surface area contributed by atoms with Crippen molar-refractivity contribution in [2.24, 2.45) is 7.05 Å². The molecule has 3 rings (SSSR count). The summed E-state index contributed by atoms with van der Waals surface area (Å²) in [4.78, 5) is 18.8. The zero-order valence-corrected chi connectivity index (χ0v) is 14.8. The topological polar surface area (TPSA) is 50.2 Å². The van der Waals surface area contributed by atoms with E-state index in [9.17, 15) is 4.79 Å². The first kappa shape index (κ1) is 17.0. The molecular weight excluding hydrogens is 336 g/mol. The molecule has 25 heavy (non-hydrogen) atoms. The predicted octanol–water partition coefficient (Wildman–Crippen LogP) is 4.33. The summed E-state index contributed by atoms with van der Waals surface area (Å²) in [5, 5.41) is 3.56. The average molecular weight is 355 g/mol. The summed E-state index contributed by atoms with van der Waals surface area (Å²) in [5.74, 6) is 0.771. The summed E-state index contributed by atoms with van der Waals surface area (Å²) >= 11 is 6.01. The maximum absolute atomic E-state index is 12.8. The van der Waals surface area contributed by atoms with Gasteiger partial charge in [-0.25, -0.2) is 9.78 Å². The van der Waals surface area contributed by atoms with Gasteiger partial charge >= 0.3 is 6.03 Å². The number of benzene rings is 2. The van der Waals surface area contributed by atoms with Gasteiger partial charge in [-0.15, -0.1) is 0 Å². The van der Waals surface area contributed by atoms with E-state index in [0.717, 1.165) is 17.1 Å². The van der Waals surface area contributed by atoms with Crippen molar-refractivity contribution in [3.63, 3.8) is 0 Å². The van der Waals surface area contributed by atoms with E-state index in [1.54, 1.807) is 18.1 Å². The Bertz CT molecular complexity index is 845. The number of halogens is 1. The predicted molar refractivity (Wildman–Crippen MR) is 99.7 cm³/mol. The number of para-hydroxylation sites is 1. The number of nitrogens with zero attached hydrogens (tertiary/aromatic N) is 3. The maximum Gasteiger partial charge on any atom is 0.322 e. The minimum atomic E-state index is -0.332. The highest BCUT2D eigenvalue weighted by Crippen LogP contribution is 2.28. The molecule has 1 heterocycles. The number of aromatic nitrogens is 2. The Balaban J connectivity index is 1.92. The Morgan fingerprint density at radius 2 is 1.84 bits per heavy atom. The number of rotatable bonds is 4. The molecule has 0 spiro atoms. The van der Waals surface area contributed by atoms with Crippen LogP contribution in [0.15, 0.2) is 67.0 Å². The van der Waals surface area contributed by atoms with E-state index in [2.05, 4.69) is 10.3 Å². The van der Waals surface area contributed by atoms with Crippen LogP contribution in [0.1, 0.15) is 17.4 Å². The van der Waals surface area contributed by atoms with Gasteiger partial charge in [-0.3, -0.25) is 0 Å². The molecule has 0 fully saturated rings.